The summed E-state index contributed by atoms with van der Waals surface area (Å²) < 4.78 is 30.4. The molecule has 17 heavy (non-hydrogen) atoms. The molecular formula is C10H10BrF2NO3. The first kappa shape index (κ1) is 13.8. The summed E-state index contributed by atoms with van der Waals surface area (Å²) in [7, 11) is 1.34. The van der Waals surface area contributed by atoms with E-state index in [2.05, 4.69) is 20.9 Å². The molecule has 0 fully saturated rings. The lowest BCUT2D eigenvalue weighted by atomic mass is 10.1. The molecule has 0 atom stereocenters. The van der Waals surface area contributed by atoms with Crippen LogP contribution < -0.4 is 4.74 Å². The summed E-state index contributed by atoms with van der Waals surface area (Å²) >= 11 is 3.13. The Bertz CT molecular complexity index is 426. The minimum atomic E-state index is -2.78. The summed E-state index contributed by atoms with van der Waals surface area (Å²) in [5.41, 5.74) is -0.148. The number of nitrogens with zero attached hydrogens (tertiary/aromatic N) is 1. The number of hydrogen-bond acceptors (Lipinski definition) is 3. The third-order valence-corrected chi connectivity index (χ3v) is 2.61. The van der Waals surface area contributed by atoms with Gasteiger partial charge in [0.2, 0.25) is 0 Å². The van der Waals surface area contributed by atoms with Crippen LogP contribution in [0.4, 0.5) is 8.78 Å². The monoisotopic (exact) mass is 309 g/mol. The molecule has 1 rings (SSSR count). The van der Waals surface area contributed by atoms with Gasteiger partial charge >= 0.3 is 5.97 Å². The third-order valence-electron chi connectivity index (χ3n) is 2.07. The quantitative estimate of drug-likeness (QED) is 0.849. The molecule has 0 spiro atoms. The lowest BCUT2D eigenvalue weighted by Gasteiger charge is -2.12. The Morgan fingerprint density at radius 1 is 1.59 bits per heavy atom. The molecule has 0 aliphatic heterocycles. The Labute approximate surface area is 105 Å². The van der Waals surface area contributed by atoms with Gasteiger partial charge in [-0.25, -0.2) is 8.78 Å². The predicted octanol–water partition coefficient (Wildman–Crippen LogP) is 2.55. The Hall–Kier alpha value is -1.24. The van der Waals surface area contributed by atoms with E-state index in [1.165, 1.54) is 7.11 Å². The van der Waals surface area contributed by atoms with E-state index in [0.717, 1.165) is 6.07 Å². The molecule has 0 aromatic carbocycles. The number of rotatable bonds is 5. The fraction of sp³-hybridized carbons (Fsp3) is 0.400. The zero-order valence-corrected chi connectivity index (χ0v) is 10.5. The lowest BCUT2D eigenvalue weighted by molar-refractivity contribution is -0.136. The van der Waals surface area contributed by atoms with Crippen LogP contribution in [0.2, 0.25) is 0 Å². The second kappa shape index (κ2) is 5.90. The topological polar surface area (TPSA) is 59.4 Å². The molecule has 0 saturated carbocycles. The third kappa shape index (κ3) is 3.36. The van der Waals surface area contributed by atoms with Gasteiger partial charge in [0.25, 0.3) is 6.43 Å². The van der Waals surface area contributed by atoms with Crippen LogP contribution in [0.25, 0.3) is 0 Å². The SMILES string of the molecule is COc1cc(C(F)F)c(CC(=O)O)nc1CBr. The van der Waals surface area contributed by atoms with Crippen molar-refractivity contribution in [1.29, 1.82) is 0 Å². The highest BCUT2D eigenvalue weighted by atomic mass is 79.9. The van der Waals surface area contributed by atoms with Crippen molar-refractivity contribution in [1.82, 2.24) is 4.98 Å². The number of carboxylic acids is 1. The number of methoxy groups -OCH3 is 1. The Morgan fingerprint density at radius 2 is 2.24 bits per heavy atom. The number of alkyl halides is 3. The van der Waals surface area contributed by atoms with E-state index in [-0.39, 0.29) is 11.4 Å². The molecule has 1 aromatic heterocycles. The number of aliphatic carboxylic acids is 1. The number of carbonyl (C=O) groups is 1. The van der Waals surface area contributed by atoms with E-state index >= 15 is 0 Å². The van der Waals surface area contributed by atoms with E-state index in [0.29, 0.717) is 11.0 Å². The van der Waals surface area contributed by atoms with Gasteiger partial charge < -0.3 is 9.84 Å². The van der Waals surface area contributed by atoms with Gasteiger partial charge in [-0.05, 0) is 6.07 Å². The first-order valence-corrected chi connectivity index (χ1v) is 5.74. The largest absolute Gasteiger partial charge is 0.495 e. The van der Waals surface area contributed by atoms with Gasteiger partial charge in [0.15, 0.2) is 0 Å². The van der Waals surface area contributed by atoms with Crippen molar-refractivity contribution in [2.45, 2.75) is 18.2 Å². The average Bonchev–Trinajstić information content (AvgIpc) is 2.27. The number of halogens is 3. The summed E-state index contributed by atoms with van der Waals surface area (Å²) in [4.78, 5) is 14.5. The van der Waals surface area contributed by atoms with Gasteiger partial charge in [-0.15, -0.1) is 0 Å². The van der Waals surface area contributed by atoms with Crippen LogP contribution in [0.3, 0.4) is 0 Å². The van der Waals surface area contributed by atoms with Crippen LogP contribution in [-0.4, -0.2) is 23.2 Å². The molecule has 0 unspecified atom stereocenters. The van der Waals surface area contributed by atoms with Gasteiger partial charge in [0.1, 0.15) is 5.75 Å². The molecule has 0 bridgehead atoms. The molecule has 0 aliphatic rings. The maximum Gasteiger partial charge on any atom is 0.309 e. The smallest absolute Gasteiger partial charge is 0.309 e. The molecule has 0 radical (unpaired) electrons. The normalized spacial score (nSPS) is 10.6. The average molecular weight is 310 g/mol. The first-order chi connectivity index (χ1) is 7.99. The van der Waals surface area contributed by atoms with Crippen LogP contribution in [0.1, 0.15) is 23.4 Å². The van der Waals surface area contributed by atoms with Gasteiger partial charge in [-0.2, -0.15) is 0 Å². The van der Waals surface area contributed by atoms with Crippen LogP contribution in [0.5, 0.6) is 5.75 Å². The zero-order valence-electron chi connectivity index (χ0n) is 8.91. The highest BCUT2D eigenvalue weighted by Crippen LogP contribution is 2.29. The predicted molar refractivity (Wildman–Crippen MR) is 59.7 cm³/mol. The Kier molecular flexibility index (Phi) is 4.80. The number of ether oxygens (including phenoxy) is 1. The molecule has 94 valence electrons. The first-order valence-electron chi connectivity index (χ1n) is 4.62. The van der Waals surface area contributed by atoms with E-state index in [4.69, 9.17) is 9.84 Å². The van der Waals surface area contributed by atoms with Crippen LogP contribution in [0.15, 0.2) is 6.07 Å². The van der Waals surface area contributed by atoms with E-state index < -0.39 is 24.4 Å². The van der Waals surface area contributed by atoms with E-state index in [1.807, 2.05) is 0 Å². The van der Waals surface area contributed by atoms with Crippen molar-refractivity contribution in [3.05, 3.63) is 23.0 Å². The molecule has 0 amide bonds. The van der Waals surface area contributed by atoms with Crippen LogP contribution in [0, 0.1) is 0 Å². The van der Waals surface area contributed by atoms with Gasteiger partial charge in [-0.1, -0.05) is 15.9 Å². The maximum atomic E-state index is 12.7. The summed E-state index contributed by atoms with van der Waals surface area (Å²) in [6.45, 7) is 0. The van der Waals surface area contributed by atoms with Crippen molar-refractivity contribution in [2.75, 3.05) is 7.11 Å². The molecule has 7 heteroatoms. The summed E-state index contributed by atoms with van der Waals surface area (Å²) in [5.74, 6) is -0.989. The van der Waals surface area contributed by atoms with Gasteiger partial charge in [0.05, 0.1) is 24.9 Å². The van der Waals surface area contributed by atoms with Crippen LogP contribution >= 0.6 is 15.9 Å². The van der Waals surface area contributed by atoms with Crippen LogP contribution in [-0.2, 0) is 16.5 Å². The summed E-state index contributed by atoms with van der Waals surface area (Å²) in [6, 6.07) is 1.13. The summed E-state index contributed by atoms with van der Waals surface area (Å²) in [6.07, 6.45) is -3.32. The molecule has 0 aliphatic carbocycles. The number of carboxylic acid groups (broad SMARTS) is 1. The van der Waals surface area contributed by atoms with Crippen molar-refractivity contribution in [2.24, 2.45) is 0 Å². The summed E-state index contributed by atoms with van der Waals surface area (Å²) in [5, 5.41) is 8.93. The van der Waals surface area contributed by atoms with Crippen molar-refractivity contribution < 1.29 is 23.4 Å². The maximum absolute atomic E-state index is 12.7. The van der Waals surface area contributed by atoms with Crippen molar-refractivity contribution in [3.8, 4) is 5.75 Å². The minimum absolute atomic E-state index is 0.136. The Balaban J connectivity index is 3.29. The fourth-order valence-electron chi connectivity index (χ4n) is 1.34. The standard InChI is InChI=1S/C10H10BrF2NO3/c1-17-8-2-5(10(12)13)6(3-9(15)16)14-7(8)4-11/h2,10H,3-4H2,1H3,(H,15,16). The van der Waals surface area contributed by atoms with Crippen molar-refractivity contribution in [3.63, 3.8) is 0 Å². The fourth-order valence-corrected chi connectivity index (χ4v) is 1.74. The second-order valence-electron chi connectivity index (χ2n) is 3.18. The molecular weight excluding hydrogens is 300 g/mol. The molecule has 1 heterocycles. The zero-order chi connectivity index (χ0) is 13.0. The minimum Gasteiger partial charge on any atom is -0.495 e. The highest BCUT2D eigenvalue weighted by Gasteiger charge is 2.20. The van der Waals surface area contributed by atoms with Gasteiger partial charge in [0, 0.05) is 10.9 Å². The number of pyridine rings is 1. The molecule has 1 aromatic rings. The number of hydrogen-bond donors (Lipinski definition) is 1. The number of aromatic nitrogens is 1. The van der Waals surface area contributed by atoms with Crippen molar-refractivity contribution >= 4 is 21.9 Å². The Morgan fingerprint density at radius 3 is 2.65 bits per heavy atom. The molecule has 1 N–H and O–H groups in total. The lowest BCUT2D eigenvalue weighted by Crippen LogP contribution is -2.09. The second-order valence-corrected chi connectivity index (χ2v) is 3.74. The highest BCUT2D eigenvalue weighted by molar-refractivity contribution is 9.08. The molecule has 0 saturated heterocycles. The van der Waals surface area contributed by atoms with E-state index in [9.17, 15) is 13.6 Å². The molecule has 4 nitrogen and oxygen atoms in total. The van der Waals surface area contributed by atoms with Gasteiger partial charge in [-0.3, -0.25) is 9.78 Å². The van der Waals surface area contributed by atoms with E-state index in [1.54, 1.807) is 0 Å².